The number of aryl methyl sites for hydroxylation is 1. The fourth-order valence-corrected chi connectivity index (χ4v) is 3.56. The number of hydrogen-bond donors (Lipinski definition) is 2. The van der Waals surface area contributed by atoms with E-state index in [9.17, 15) is 27.6 Å². The second kappa shape index (κ2) is 7.69. The summed E-state index contributed by atoms with van der Waals surface area (Å²) in [5, 5.41) is 6.48. The van der Waals surface area contributed by atoms with Crippen LogP contribution >= 0.6 is 0 Å². The predicted molar refractivity (Wildman–Crippen MR) is 97.4 cm³/mol. The van der Waals surface area contributed by atoms with Crippen molar-refractivity contribution in [2.75, 3.05) is 0 Å². The van der Waals surface area contributed by atoms with Crippen LogP contribution in [-0.2, 0) is 11.0 Å². The Morgan fingerprint density at radius 2 is 1.93 bits per heavy atom. The van der Waals surface area contributed by atoms with E-state index in [1.165, 1.54) is 25.1 Å². The van der Waals surface area contributed by atoms with Crippen molar-refractivity contribution >= 4 is 11.8 Å². The van der Waals surface area contributed by atoms with Crippen LogP contribution in [0.25, 0.3) is 5.69 Å². The van der Waals surface area contributed by atoms with Crippen molar-refractivity contribution in [1.82, 2.24) is 15.1 Å². The third kappa shape index (κ3) is 4.15. The number of primary amides is 1. The zero-order chi connectivity index (χ0) is 21.3. The molecule has 1 saturated carbocycles. The van der Waals surface area contributed by atoms with Gasteiger partial charge in [0.25, 0.3) is 5.91 Å². The third-order valence-corrected chi connectivity index (χ3v) is 4.96. The van der Waals surface area contributed by atoms with Crippen LogP contribution in [0.2, 0.25) is 0 Å². The molecular weight excluding hydrogens is 389 g/mol. The van der Waals surface area contributed by atoms with Crippen molar-refractivity contribution in [3.05, 3.63) is 57.5 Å². The number of amides is 2. The van der Waals surface area contributed by atoms with Crippen molar-refractivity contribution < 1.29 is 22.8 Å². The van der Waals surface area contributed by atoms with Crippen molar-refractivity contribution in [3.8, 4) is 5.69 Å². The highest BCUT2D eigenvalue weighted by Gasteiger charge is 2.35. The van der Waals surface area contributed by atoms with Crippen LogP contribution in [0.3, 0.4) is 0 Å². The molecule has 10 heteroatoms. The highest BCUT2D eigenvalue weighted by atomic mass is 19.4. The molecule has 0 bridgehead atoms. The average Bonchev–Trinajstić information content (AvgIpc) is 3.09. The maximum absolute atomic E-state index is 13.4. The van der Waals surface area contributed by atoms with Gasteiger partial charge in [0.05, 0.1) is 17.2 Å². The Kier molecular flexibility index (Phi) is 5.45. The molecule has 1 heterocycles. The SMILES string of the molecule is Cc1cc(=O)c(C(=O)N[C@H]2CCC[C@@H]2C(N)=O)nn1-c1ccccc1C(F)(F)F. The minimum absolute atomic E-state index is 0.138. The Bertz CT molecular complexity index is 1020. The lowest BCUT2D eigenvalue weighted by molar-refractivity contribution is -0.137. The van der Waals surface area contributed by atoms with E-state index in [0.29, 0.717) is 19.3 Å². The predicted octanol–water partition coefficient (Wildman–Crippen LogP) is 1.94. The summed E-state index contributed by atoms with van der Waals surface area (Å²) in [5.41, 5.74) is 2.94. The monoisotopic (exact) mass is 408 g/mol. The number of rotatable bonds is 4. The zero-order valence-electron chi connectivity index (χ0n) is 15.5. The summed E-state index contributed by atoms with van der Waals surface area (Å²) in [5.74, 6) is -1.97. The topological polar surface area (TPSA) is 107 Å². The maximum atomic E-state index is 13.4. The van der Waals surface area contributed by atoms with Gasteiger partial charge in [0.1, 0.15) is 0 Å². The second-order valence-corrected chi connectivity index (χ2v) is 6.95. The molecule has 2 amide bonds. The molecule has 1 aliphatic carbocycles. The molecule has 7 nitrogen and oxygen atoms in total. The Morgan fingerprint density at radius 3 is 2.59 bits per heavy atom. The van der Waals surface area contributed by atoms with Gasteiger partial charge in [-0.25, -0.2) is 4.68 Å². The number of aromatic nitrogens is 2. The number of nitrogens with one attached hydrogen (secondary N) is 1. The smallest absolute Gasteiger partial charge is 0.369 e. The summed E-state index contributed by atoms with van der Waals surface area (Å²) >= 11 is 0. The molecule has 0 radical (unpaired) electrons. The number of hydrogen-bond acceptors (Lipinski definition) is 4. The second-order valence-electron chi connectivity index (χ2n) is 6.95. The van der Waals surface area contributed by atoms with Gasteiger partial charge in [0.15, 0.2) is 5.69 Å². The molecule has 3 rings (SSSR count). The lowest BCUT2D eigenvalue weighted by atomic mass is 10.0. The van der Waals surface area contributed by atoms with E-state index in [1.54, 1.807) is 0 Å². The zero-order valence-corrected chi connectivity index (χ0v) is 15.5. The van der Waals surface area contributed by atoms with Crippen LogP contribution in [0.5, 0.6) is 0 Å². The van der Waals surface area contributed by atoms with Crippen molar-refractivity contribution in [3.63, 3.8) is 0 Å². The van der Waals surface area contributed by atoms with Crippen LogP contribution in [-0.4, -0.2) is 27.6 Å². The lowest BCUT2D eigenvalue weighted by Gasteiger charge is -2.19. The highest BCUT2D eigenvalue weighted by Crippen LogP contribution is 2.33. The van der Waals surface area contributed by atoms with Crippen molar-refractivity contribution in [2.24, 2.45) is 11.7 Å². The first-order chi connectivity index (χ1) is 13.6. The molecule has 0 spiro atoms. The molecule has 1 fully saturated rings. The standard InChI is InChI=1S/C19H19F3N4O3/c1-10-9-15(27)16(18(29)24-13-7-4-5-11(13)17(23)28)25-26(10)14-8-3-2-6-12(14)19(20,21)22/h2-3,6,8-9,11,13H,4-5,7H2,1H3,(H2,23,28)(H,24,29)/t11-,13-/m0/s1. The molecule has 1 aromatic heterocycles. The van der Waals surface area contributed by atoms with Crippen LogP contribution in [0, 0.1) is 12.8 Å². The number of benzene rings is 1. The summed E-state index contributed by atoms with van der Waals surface area (Å²) in [4.78, 5) is 36.4. The largest absolute Gasteiger partial charge is 0.418 e. The number of nitrogens with two attached hydrogens (primary N) is 1. The molecule has 2 aromatic rings. The lowest BCUT2D eigenvalue weighted by Crippen LogP contribution is -2.44. The number of alkyl halides is 3. The first-order valence-corrected chi connectivity index (χ1v) is 8.97. The van der Waals surface area contributed by atoms with Gasteiger partial charge in [0.2, 0.25) is 11.3 Å². The minimum Gasteiger partial charge on any atom is -0.369 e. The molecule has 0 saturated heterocycles. The first kappa shape index (κ1) is 20.6. The number of carbonyl (C=O) groups excluding carboxylic acids is 2. The van der Waals surface area contributed by atoms with Crippen molar-refractivity contribution in [1.29, 1.82) is 0 Å². The Balaban J connectivity index is 2.00. The van der Waals surface area contributed by atoms with Crippen molar-refractivity contribution in [2.45, 2.75) is 38.4 Å². The van der Waals surface area contributed by atoms with Gasteiger partial charge < -0.3 is 11.1 Å². The van der Waals surface area contributed by atoms with E-state index >= 15 is 0 Å². The van der Waals surface area contributed by atoms with Gasteiger partial charge in [-0.05, 0) is 31.9 Å². The number of para-hydroxylation sites is 1. The van der Waals surface area contributed by atoms with E-state index in [-0.39, 0.29) is 11.4 Å². The molecule has 3 N–H and O–H groups in total. The molecule has 1 aliphatic rings. The Labute approximate surface area is 163 Å². The van der Waals surface area contributed by atoms with Gasteiger partial charge in [0, 0.05) is 17.8 Å². The molecule has 0 aliphatic heterocycles. The highest BCUT2D eigenvalue weighted by molar-refractivity contribution is 5.92. The fraction of sp³-hybridized carbons (Fsp3) is 0.368. The van der Waals surface area contributed by atoms with E-state index < -0.39 is 46.6 Å². The third-order valence-electron chi connectivity index (χ3n) is 4.96. The molecule has 0 unspecified atom stereocenters. The molecule has 1 aromatic carbocycles. The van der Waals surface area contributed by atoms with Crippen LogP contribution in [0.4, 0.5) is 13.2 Å². The minimum atomic E-state index is -4.64. The summed E-state index contributed by atoms with van der Waals surface area (Å²) in [6.07, 6.45) is -2.93. The van der Waals surface area contributed by atoms with E-state index in [4.69, 9.17) is 5.73 Å². The average molecular weight is 408 g/mol. The fourth-order valence-electron chi connectivity index (χ4n) is 3.56. The van der Waals surface area contributed by atoms with Gasteiger partial charge in [-0.15, -0.1) is 0 Å². The van der Waals surface area contributed by atoms with E-state index in [2.05, 4.69) is 10.4 Å². The van der Waals surface area contributed by atoms with Gasteiger partial charge in [-0.2, -0.15) is 18.3 Å². The summed E-state index contributed by atoms with van der Waals surface area (Å²) in [6, 6.07) is 5.24. The summed E-state index contributed by atoms with van der Waals surface area (Å²) in [6.45, 7) is 1.42. The Morgan fingerprint density at radius 1 is 1.24 bits per heavy atom. The quantitative estimate of drug-likeness (QED) is 0.806. The summed E-state index contributed by atoms with van der Waals surface area (Å²) < 4.78 is 41.0. The summed E-state index contributed by atoms with van der Waals surface area (Å²) in [7, 11) is 0. The number of nitrogens with zero attached hydrogens (tertiary/aromatic N) is 2. The van der Waals surface area contributed by atoms with E-state index in [0.717, 1.165) is 16.8 Å². The number of carbonyl (C=O) groups is 2. The van der Waals surface area contributed by atoms with Crippen LogP contribution in [0.15, 0.2) is 35.1 Å². The number of halogens is 3. The van der Waals surface area contributed by atoms with Gasteiger partial charge in [-0.1, -0.05) is 18.6 Å². The normalized spacial score (nSPS) is 19.2. The van der Waals surface area contributed by atoms with Crippen LogP contribution < -0.4 is 16.5 Å². The molecular formula is C19H19F3N4O3. The first-order valence-electron chi connectivity index (χ1n) is 8.97. The Hall–Kier alpha value is -3.17. The van der Waals surface area contributed by atoms with Gasteiger partial charge in [-0.3, -0.25) is 14.4 Å². The molecule has 2 atom stereocenters. The van der Waals surface area contributed by atoms with E-state index in [1.807, 2.05) is 0 Å². The molecule has 29 heavy (non-hydrogen) atoms. The van der Waals surface area contributed by atoms with Gasteiger partial charge >= 0.3 is 6.18 Å². The molecule has 154 valence electrons. The maximum Gasteiger partial charge on any atom is 0.418 e. The van der Waals surface area contributed by atoms with Crippen LogP contribution in [0.1, 0.15) is 41.0 Å².